The zero-order chi connectivity index (χ0) is 21.6. The summed E-state index contributed by atoms with van der Waals surface area (Å²) in [6, 6.07) is 19.0. The first-order valence-electron chi connectivity index (χ1n) is 9.88. The number of amides is 1. The van der Waals surface area contributed by atoms with E-state index in [4.69, 9.17) is 9.47 Å². The van der Waals surface area contributed by atoms with E-state index in [1.54, 1.807) is 49.5 Å². The van der Waals surface area contributed by atoms with E-state index in [0.29, 0.717) is 24.5 Å². The van der Waals surface area contributed by atoms with Crippen molar-refractivity contribution >= 4 is 11.6 Å². The molecule has 0 radical (unpaired) electrons. The summed E-state index contributed by atoms with van der Waals surface area (Å²) in [6.45, 7) is 0.804. The van der Waals surface area contributed by atoms with Crippen molar-refractivity contribution < 1.29 is 18.7 Å². The topological polar surface area (TPSA) is 56.1 Å². The zero-order valence-electron chi connectivity index (χ0n) is 17.1. The van der Waals surface area contributed by atoms with Crippen molar-refractivity contribution in [2.45, 2.75) is 6.61 Å². The molecule has 31 heavy (non-hydrogen) atoms. The number of likely N-dealkylation sites (N-methyl/N-ethyl adjacent to an activating group) is 1. The number of carbonyl (C=O) groups is 1. The average Bonchev–Trinajstić information content (AvgIpc) is 3.22. The molecule has 6 nitrogen and oxygen atoms in total. The highest BCUT2D eigenvalue weighted by atomic mass is 19.1. The van der Waals surface area contributed by atoms with Gasteiger partial charge in [-0.15, -0.1) is 0 Å². The van der Waals surface area contributed by atoms with Crippen molar-refractivity contribution in [3.05, 3.63) is 96.2 Å². The van der Waals surface area contributed by atoms with Crippen LogP contribution in [-0.2, 0) is 6.61 Å². The summed E-state index contributed by atoms with van der Waals surface area (Å²) in [6.07, 6.45) is 3.84. The first-order chi connectivity index (χ1) is 15.1. The van der Waals surface area contributed by atoms with Crippen LogP contribution in [0.2, 0.25) is 0 Å². The third-order valence-corrected chi connectivity index (χ3v) is 4.75. The van der Waals surface area contributed by atoms with Gasteiger partial charge in [-0.05, 0) is 42.5 Å². The maximum atomic E-state index is 13.6. The molecule has 1 amide bonds. The van der Waals surface area contributed by atoms with Crippen LogP contribution in [-0.4, -0.2) is 40.4 Å². The molecule has 0 atom stereocenters. The molecule has 0 spiro atoms. The highest BCUT2D eigenvalue weighted by Crippen LogP contribution is 2.18. The van der Waals surface area contributed by atoms with Gasteiger partial charge in [0.2, 0.25) is 0 Å². The van der Waals surface area contributed by atoms with Crippen LogP contribution in [0.3, 0.4) is 0 Å². The minimum absolute atomic E-state index is 0.171. The molecular formula is C24H22FN3O3. The smallest absolute Gasteiger partial charge is 0.253 e. The van der Waals surface area contributed by atoms with E-state index in [2.05, 4.69) is 4.98 Å². The standard InChI is InChI=1S/C24H22FN3O3/c1-27(13-14-30-22-10-3-2-9-21(22)25)24(29)18-7-6-8-20(15-18)31-17-19-16-28-12-5-4-11-23(28)26-19/h2-12,15-16H,13-14,17H2,1H3. The molecule has 0 aliphatic heterocycles. The predicted octanol–water partition coefficient (Wildman–Crippen LogP) is 4.20. The number of nitrogens with zero attached hydrogens (tertiary/aromatic N) is 3. The summed E-state index contributed by atoms with van der Waals surface area (Å²) in [5.74, 6) is 0.159. The average molecular weight is 419 g/mol. The number of fused-ring (bicyclic) bond motifs is 1. The molecule has 0 fully saturated rings. The van der Waals surface area contributed by atoms with Crippen molar-refractivity contribution in [1.82, 2.24) is 14.3 Å². The largest absolute Gasteiger partial charge is 0.489 e. The number of aromatic nitrogens is 2. The van der Waals surface area contributed by atoms with Crippen LogP contribution in [0, 0.1) is 5.82 Å². The first-order valence-corrected chi connectivity index (χ1v) is 9.88. The number of ether oxygens (including phenoxy) is 2. The molecule has 158 valence electrons. The highest BCUT2D eigenvalue weighted by Gasteiger charge is 2.13. The molecule has 0 bridgehead atoms. The number of pyridine rings is 1. The van der Waals surface area contributed by atoms with Gasteiger partial charge in [-0.3, -0.25) is 4.79 Å². The van der Waals surface area contributed by atoms with Gasteiger partial charge in [0.15, 0.2) is 11.6 Å². The Morgan fingerprint density at radius 1 is 1.06 bits per heavy atom. The SMILES string of the molecule is CN(CCOc1ccccc1F)C(=O)c1cccc(OCc2cn3ccccc3n2)c1. The van der Waals surface area contributed by atoms with E-state index in [-0.39, 0.29) is 18.3 Å². The second-order valence-electron chi connectivity index (χ2n) is 7.02. The van der Waals surface area contributed by atoms with Gasteiger partial charge in [0.25, 0.3) is 5.91 Å². The Hall–Kier alpha value is -3.87. The van der Waals surface area contributed by atoms with Crippen molar-refractivity contribution in [2.75, 3.05) is 20.2 Å². The van der Waals surface area contributed by atoms with Crippen LogP contribution in [0.5, 0.6) is 11.5 Å². The van der Waals surface area contributed by atoms with Gasteiger partial charge in [-0.2, -0.15) is 0 Å². The molecule has 4 aromatic rings. The molecule has 0 aliphatic carbocycles. The predicted molar refractivity (Wildman–Crippen MR) is 115 cm³/mol. The summed E-state index contributed by atoms with van der Waals surface area (Å²) in [5, 5.41) is 0. The molecule has 7 heteroatoms. The Morgan fingerprint density at radius 2 is 1.90 bits per heavy atom. The normalized spacial score (nSPS) is 10.8. The van der Waals surface area contributed by atoms with Crippen LogP contribution in [0.15, 0.2) is 79.1 Å². The second kappa shape index (κ2) is 9.30. The van der Waals surface area contributed by atoms with Gasteiger partial charge >= 0.3 is 0 Å². The molecule has 2 aromatic heterocycles. The fourth-order valence-electron chi connectivity index (χ4n) is 3.11. The summed E-state index contributed by atoms with van der Waals surface area (Å²) in [4.78, 5) is 18.8. The number of hydrogen-bond acceptors (Lipinski definition) is 4. The number of benzene rings is 2. The number of carbonyl (C=O) groups excluding carboxylic acids is 1. The second-order valence-corrected chi connectivity index (χ2v) is 7.02. The summed E-state index contributed by atoms with van der Waals surface area (Å²) < 4.78 is 26.8. The van der Waals surface area contributed by atoms with E-state index in [1.807, 2.05) is 35.0 Å². The van der Waals surface area contributed by atoms with Gasteiger partial charge < -0.3 is 18.8 Å². The van der Waals surface area contributed by atoms with E-state index >= 15 is 0 Å². The lowest BCUT2D eigenvalue weighted by atomic mass is 10.2. The van der Waals surface area contributed by atoms with Crippen LogP contribution in [0.1, 0.15) is 16.1 Å². The maximum absolute atomic E-state index is 13.6. The third-order valence-electron chi connectivity index (χ3n) is 4.75. The Kier molecular flexibility index (Phi) is 6.12. The van der Waals surface area contributed by atoms with Crippen molar-refractivity contribution in [2.24, 2.45) is 0 Å². The third kappa shape index (κ3) is 5.01. The van der Waals surface area contributed by atoms with Crippen LogP contribution in [0.4, 0.5) is 4.39 Å². The molecule has 2 aromatic carbocycles. The minimum Gasteiger partial charge on any atom is -0.489 e. The van der Waals surface area contributed by atoms with Gasteiger partial charge in [-0.1, -0.05) is 24.3 Å². The van der Waals surface area contributed by atoms with Crippen LogP contribution in [0.25, 0.3) is 5.65 Å². The molecular weight excluding hydrogens is 397 g/mol. The number of imidazole rings is 1. The maximum Gasteiger partial charge on any atom is 0.253 e. The van der Waals surface area contributed by atoms with E-state index in [1.165, 1.54) is 11.0 Å². The fraction of sp³-hybridized carbons (Fsp3) is 0.167. The van der Waals surface area contributed by atoms with Gasteiger partial charge in [0.05, 0.1) is 12.2 Å². The van der Waals surface area contributed by atoms with Gasteiger partial charge in [-0.25, -0.2) is 9.37 Å². The fourth-order valence-corrected chi connectivity index (χ4v) is 3.11. The first kappa shape index (κ1) is 20.4. The lowest BCUT2D eigenvalue weighted by Crippen LogP contribution is -2.30. The quantitative estimate of drug-likeness (QED) is 0.430. The summed E-state index contributed by atoms with van der Waals surface area (Å²) in [7, 11) is 1.68. The number of halogens is 1. The number of rotatable bonds is 8. The molecule has 0 unspecified atom stereocenters. The van der Waals surface area contributed by atoms with E-state index in [0.717, 1.165) is 11.3 Å². The zero-order valence-corrected chi connectivity index (χ0v) is 17.1. The highest BCUT2D eigenvalue weighted by molar-refractivity contribution is 5.94. The Balaban J connectivity index is 1.33. The van der Waals surface area contributed by atoms with Crippen molar-refractivity contribution in [3.8, 4) is 11.5 Å². The molecule has 0 N–H and O–H groups in total. The lowest BCUT2D eigenvalue weighted by Gasteiger charge is -2.18. The van der Waals surface area contributed by atoms with Gasteiger partial charge in [0, 0.05) is 25.0 Å². The number of hydrogen-bond donors (Lipinski definition) is 0. The van der Waals surface area contributed by atoms with E-state index < -0.39 is 5.82 Å². The Morgan fingerprint density at radius 3 is 2.74 bits per heavy atom. The molecule has 2 heterocycles. The summed E-state index contributed by atoms with van der Waals surface area (Å²) >= 11 is 0. The minimum atomic E-state index is -0.424. The number of para-hydroxylation sites is 1. The Bertz CT molecular complexity index is 1160. The van der Waals surface area contributed by atoms with Crippen molar-refractivity contribution in [3.63, 3.8) is 0 Å². The van der Waals surface area contributed by atoms with Crippen molar-refractivity contribution in [1.29, 1.82) is 0 Å². The Labute approximate surface area is 179 Å². The van der Waals surface area contributed by atoms with E-state index in [9.17, 15) is 9.18 Å². The summed E-state index contributed by atoms with van der Waals surface area (Å²) in [5.41, 5.74) is 2.15. The molecule has 0 aliphatic rings. The molecule has 4 rings (SSSR count). The van der Waals surface area contributed by atoms with Crippen LogP contribution < -0.4 is 9.47 Å². The molecule has 0 saturated carbocycles. The monoisotopic (exact) mass is 419 g/mol. The van der Waals surface area contributed by atoms with Gasteiger partial charge in [0.1, 0.15) is 24.6 Å². The lowest BCUT2D eigenvalue weighted by molar-refractivity contribution is 0.0772. The molecule has 0 saturated heterocycles. The van der Waals surface area contributed by atoms with Crippen LogP contribution >= 0.6 is 0 Å².